The highest BCUT2D eigenvalue weighted by Crippen LogP contribution is 2.17. The zero-order chi connectivity index (χ0) is 20.7. The highest BCUT2D eigenvalue weighted by Gasteiger charge is 2.22. The number of amides is 1. The number of benzene rings is 2. The van der Waals surface area contributed by atoms with Crippen LogP contribution in [0.3, 0.4) is 0 Å². The molecule has 3 aromatic rings. The quantitative estimate of drug-likeness (QED) is 0.521. The predicted molar refractivity (Wildman–Crippen MR) is 107 cm³/mol. The molecule has 28 heavy (non-hydrogen) atoms. The standard InChI is InChI=1S/C19H15ClN2O4.CH4O/c20-13-7-5-11(6-8-13)18(24)22-16(19(25)26)9-12-10-17(23)21-15-4-2-1-3-14(12)15;1-2/h1-8,10,16H,9H2,(H,21,23)(H,22,24)(H,25,26);2H,1H3. The van der Waals surface area contributed by atoms with Gasteiger partial charge in [-0.15, -0.1) is 0 Å². The van der Waals surface area contributed by atoms with E-state index in [9.17, 15) is 19.5 Å². The van der Waals surface area contributed by atoms with Gasteiger partial charge in [-0.05, 0) is 35.9 Å². The maximum Gasteiger partial charge on any atom is 0.326 e. The molecule has 1 heterocycles. The molecule has 0 saturated carbocycles. The van der Waals surface area contributed by atoms with Crippen molar-refractivity contribution >= 4 is 34.4 Å². The lowest BCUT2D eigenvalue weighted by atomic mass is 10.0. The van der Waals surface area contributed by atoms with E-state index in [4.69, 9.17) is 16.7 Å². The molecule has 0 aliphatic rings. The normalized spacial score (nSPS) is 11.2. The Morgan fingerprint density at radius 3 is 2.39 bits per heavy atom. The molecule has 0 saturated heterocycles. The van der Waals surface area contributed by atoms with Gasteiger partial charge >= 0.3 is 5.97 Å². The summed E-state index contributed by atoms with van der Waals surface area (Å²) in [6, 6.07) is 13.4. The van der Waals surface area contributed by atoms with E-state index in [-0.39, 0.29) is 12.0 Å². The van der Waals surface area contributed by atoms with Crippen LogP contribution in [0.1, 0.15) is 15.9 Å². The number of aromatic nitrogens is 1. The van der Waals surface area contributed by atoms with Crippen molar-refractivity contribution in [2.24, 2.45) is 0 Å². The van der Waals surface area contributed by atoms with Crippen LogP contribution < -0.4 is 10.9 Å². The molecule has 3 rings (SSSR count). The van der Waals surface area contributed by atoms with Crippen LogP contribution in [0.4, 0.5) is 0 Å². The minimum Gasteiger partial charge on any atom is -0.480 e. The Labute approximate surface area is 165 Å². The van der Waals surface area contributed by atoms with Crippen molar-refractivity contribution < 1.29 is 19.8 Å². The Kier molecular flexibility index (Phi) is 7.31. The number of carbonyl (C=O) groups excluding carboxylic acids is 1. The van der Waals surface area contributed by atoms with Crippen molar-refractivity contribution in [1.29, 1.82) is 0 Å². The summed E-state index contributed by atoms with van der Waals surface area (Å²) in [7, 11) is 1.00. The summed E-state index contributed by atoms with van der Waals surface area (Å²) in [6.07, 6.45) is -0.0148. The fraction of sp³-hybridized carbons (Fsp3) is 0.150. The molecule has 7 nitrogen and oxygen atoms in total. The minimum atomic E-state index is -1.18. The number of hydrogen-bond donors (Lipinski definition) is 4. The monoisotopic (exact) mass is 402 g/mol. The molecule has 0 bridgehead atoms. The number of H-pyrrole nitrogens is 1. The van der Waals surface area contributed by atoms with Gasteiger partial charge in [-0.3, -0.25) is 9.59 Å². The van der Waals surface area contributed by atoms with Gasteiger partial charge in [-0.2, -0.15) is 0 Å². The molecule has 1 aromatic heterocycles. The van der Waals surface area contributed by atoms with Gasteiger partial charge in [0.15, 0.2) is 0 Å². The number of halogens is 1. The lowest BCUT2D eigenvalue weighted by Crippen LogP contribution is -2.42. The summed E-state index contributed by atoms with van der Waals surface area (Å²) in [6.45, 7) is 0. The zero-order valence-electron chi connectivity index (χ0n) is 15.0. The van der Waals surface area contributed by atoms with Crippen molar-refractivity contribution in [3.05, 3.63) is 81.1 Å². The number of nitrogens with one attached hydrogen (secondary N) is 2. The van der Waals surface area contributed by atoms with Crippen LogP contribution in [0.25, 0.3) is 10.9 Å². The molecule has 2 aromatic carbocycles. The van der Waals surface area contributed by atoms with Crippen molar-refractivity contribution in [2.45, 2.75) is 12.5 Å². The van der Waals surface area contributed by atoms with Crippen molar-refractivity contribution in [3.8, 4) is 0 Å². The summed E-state index contributed by atoms with van der Waals surface area (Å²) in [5, 5.41) is 20.2. The third-order valence-electron chi connectivity index (χ3n) is 3.97. The van der Waals surface area contributed by atoms with Gasteiger partial charge in [-0.25, -0.2) is 4.79 Å². The summed E-state index contributed by atoms with van der Waals surface area (Å²) in [4.78, 5) is 38.5. The molecule has 146 valence electrons. The minimum absolute atomic E-state index is 0.0148. The number of pyridine rings is 1. The van der Waals surface area contributed by atoms with E-state index in [1.54, 1.807) is 36.4 Å². The number of carbonyl (C=O) groups is 2. The molecule has 8 heteroatoms. The van der Waals surface area contributed by atoms with E-state index in [1.165, 1.54) is 18.2 Å². The fourth-order valence-electron chi connectivity index (χ4n) is 2.71. The number of aromatic amines is 1. The van der Waals surface area contributed by atoms with Gasteiger partial charge in [0.25, 0.3) is 5.91 Å². The van der Waals surface area contributed by atoms with Crippen LogP contribution in [0.5, 0.6) is 0 Å². The second-order valence-corrected chi connectivity index (χ2v) is 6.22. The Hall–Kier alpha value is -3.16. The number of carboxylic acids is 1. The molecule has 0 aliphatic heterocycles. The van der Waals surface area contributed by atoms with Gasteiger partial charge < -0.3 is 20.5 Å². The molecule has 4 N–H and O–H groups in total. The van der Waals surface area contributed by atoms with Gasteiger partial charge in [-0.1, -0.05) is 29.8 Å². The Morgan fingerprint density at radius 2 is 1.75 bits per heavy atom. The molecule has 0 spiro atoms. The van der Waals surface area contributed by atoms with Gasteiger partial charge in [0.2, 0.25) is 5.56 Å². The maximum absolute atomic E-state index is 12.3. The molecular formula is C20H19ClN2O5. The molecule has 0 fully saturated rings. The number of para-hydroxylation sites is 1. The largest absolute Gasteiger partial charge is 0.480 e. The maximum atomic E-state index is 12.3. The van der Waals surface area contributed by atoms with Crippen molar-refractivity contribution in [3.63, 3.8) is 0 Å². The lowest BCUT2D eigenvalue weighted by molar-refractivity contribution is -0.139. The van der Waals surface area contributed by atoms with Crippen LogP contribution in [-0.4, -0.2) is 40.2 Å². The smallest absolute Gasteiger partial charge is 0.326 e. The third-order valence-corrected chi connectivity index (χ3v) is 4.22. The third kappa shape index (κ3) is 5.18. The summed E-state index contributed by atoms with van der Waals surface area (Å²) < 4.78 is 0. The van der Waals surface area contributed by atoms with Crippen LogP contribution in [-0.2, 0) is 11.2 Å². The highest BCUT2D eigenvalue weighted by molar-refractivity contribution is 6.30. The molecule has 1 atom stereocenters. The number of rotatable bonds is 5. The number of carboxylic acid groups (broad SMARTS) is 1. The topological polar surface area (TPSA) is 119 Å². The van der Waals surface area contributed by atoms with Crippen LogP contribution in [0, 0.1) is 0 Å². The van der Waals surface area contributed by atoms with E-state index in [0.29, 0.717) is 21.7 Å². The van der Waals surface area contributed by atoms with Crippen molar-refractivity contribution in [2.75, 3.05) is 7.11 Å². The first-order valence-electron chi connectivity index (χ1n) is 8.29. The zero-order valence-corrected chi connectivity index (χ0v) is 15.7. The molecule has 0 aliphatic carbocycles. The number of aliphatic hydroxyl groups is 1. The van der Waals surface area contributed by atoms with Crippen LogP contribution in [0.15, 0.2) is 59.4 Å². The average molecular weight is 403 g/mol. The van der Waals surface area contributed by atoms with E-state index < -0.39 is 17.9 Å². The molecule has 0 radical (unpaired) electrons. The first kappa shape index (κ1) is 21.1. The summed E-state index contributed by atoms with van der Waals surface area (Å²) in [5.41, 5.74) is 1.14. The highest BCUT2D eigenvalue weighted by atomic mass is 35.5. The first-order chi connectivity index (χ1) is 13.4. The van der Waals surface area contributed by atoms with Crippen LogP contribution in [0.2, 0.25) is 5.02 Å². The summed E-state index contributed by atoms with van der Waals surface area (Å²) >= 11 is 5.79. The van der Waals surface area contributed by atoms with E-state index >= 15 is 0 Å². The molecule has 1 amide bonds. The Balaban J connectivity index is 0.00000136. The molecule has 1 unspecified atom stereocenters. The van der Waals surface area contributed by atoms with Gasteiger partial charge in [0.05, 0.1) is 0 Å². The Bertz CT molecular complexity index is 1030. The fourth-order valence-corrected chi connectivity index (χ4v) is 2.83. The number of hydrogen-bond acceptors (Lipinski definition) is 4. The number of aliphatic carboxylic acids is 1. The van der Waals surface area contributed by atoms with Crippen LogP contribution >= 0.6 is 11.6 Å². The number of aliphatic hydroxyl groups excluding tert-OH is 1. The van der Waals surface area contributed by atoms with E-state index in [0.717, 1.165) is 12.5 Å². The van der Waals surface area contributed by atoms with E-state index in [2.05, 4.69) is 10.3 Å². The average Bonchev–Trinajstić information content (AvgIpc) is 2.69. The first-order valence-corrected chi connectivity index (χ1v) is 8.67. The Morgan fingerprint density at radius 1 is 1.11 bits per heavy atom. The second-order valence-electron chi connectivity index (χ2n) is 5.78. The van der Waals surface area contributed by atoms with Crippen molar-refractivity contribution in [1.82, 2.24) is 10.3 Å². The second kappa shape index (κ2) is 9.68. The van der Waals surface area contributed by atoms with Gasteiger partial charge in [0, 0.05) is 41.1 Å². The number of fused-ring (bicyclic) bond motifs is 1. The SMILES string of the molecule is CO.O=C(NC(Cc1cc(=O)[nH]c2ccccc12)C(=O)O)c1ccc(Cl)cc1. The molecular weight excluding hydrogens is 384 g/mol. The van der Waals surface area contributed by atoms with Gasteiger partial charge in [0.1, 0.15) is 6.04 Å². The predicted octanol–water partition coefficient (Wildman–Crippen LogP) is 2.22. The lowest BCUT2D eigenvalue weighted by Gasteiger charge is -2.16. The van der Waals surface area contributed by atoms with E-state index in [1.807, 2.05) is 0 Å². The summed E-state index contributed by atoms with van der Waals surface area (Å²) in [5.74, 6) is -1.71.